The Morgan fingerprint density at radius 3 is 2.61 bits per heavy atom. The Morgan fingerprint density at radius 1 is 1.11 bits per heavy atom. The van der Waals surface area contributed by atoms with Crippen molar-refractivity contribution >= 4 is 23.1 Å². The first-order valence-corrected chi connectivity index (χ1v) is 5.43. The predicted molar refractivity (Wildman–Crippen MR) is 68.4 cm³/mol. The molecule has 86 valence electrons. The van der Waals surface area contributed by atoms with E-state index in [1.807, 2.05) is 12.1 Å². The third kappa shape index (κ3) is 2.57. The zero-order valence-electron chi connectivity index (χ0n) is 9.18. The number of anilines is 2. The molecule has 0 atom stereocenters. The van der Waals surface area contributed by atoms with Gasteiger partial charge in [0.25, 0.3) is 0 Å². The number of hydrogen-bond donors (Lipinski definition) is 1. The van der Waals surface area contributed by atoms with Gasteiger partial charge in [0.15, 0.2) is 0 Å². The molecule has 0 spiro atoms. The normalized spacial score (nSPS) is 9.28. The molecule has 0 unspecified atom stereocenters. The molecule has 1 aromatic heterocycles. The summed E-state index contributed by atoms with van der Waals surface area (Å²) in [5.74, 6) is 0.551. The van der Waals surface area contributed by atoms with E-state index < -0.39 is 0 Å². The van der Waals surface area contributed by atoms with E-state index in [1.165, 1.54) is 0 Å². The molecule has 0 saturated carbocycles. The lowest BCUT2D eigenvalue weighted by molar-refractivity contribution is 1.29. The maximum atomic E-state index is 8.78. The molecule has 0 bridgehead atoms. The summed E-state index contributed by atoms with van der Waals surface area (Å²) < 4.78 is 0. The highest BCUT2D eigenvalue weighted by Crippen LogP contribution is 2.22. The van der Waals surface area contributed by atoms with E-state index in [0.717, 1.165) is 0 Å². The molecule has 0 amide bonds. The first-order valence-electron chi connectivity index (χ1n) is 5.06. The first kappa shape index (κ1) is 11.9. The fourth-order valence-electron chi connectivity index (χ4n) is 1.40. The number of nitriles is 2. The van der Waals surface area contributed by atoms with Gasteiger partial charge in [-0.2, -0.15) is 10.5 Å². The van der Waals surface area contributed by atoms with Crippen molar-refractivity contribution in [3.8, 4) is 12.1 Å². The summed E-state index contributed by atoms with van der Waals surface area (Å²) in [5, 5.41) is 20.9. The Kier molecular flexibility index (Phi) is 3.43. The molecule has 0 aliphatic rings. The van der Waals surface area contributed by atoms with Crippen LogP contribution < -0.4 is 5.32 Å². The molecular weight excluding hydrogens is 248 g/mol. The summed E-state index contributed by atoms with van der Waals surface area (Å²) >= 11 is 5.92. The predicted octanol–water partition coefficient (Wildman–Crippen LogP) is 3.22. The minimum absolute atomic E-state index is 0.374. The van der Waals surface area contributed by atoms with Gasteiger partial charge in [-0.25, -0.2) is 4.98 Å². The molecule has 4 nitrogen and oxygen atoms in total. The van der Waals surface area contributed by atoms with E-state index in [1.54, 1.807) is 36.5 Å². The smallest absolute Gasteiger partial charge is 0.131 e. The Hall–Kier alpha value is -2.56. The van der Waals surface area contributed by atoms with Crippen molar-refractivity contribution in [2.24, 2.45) is 0 Å². The van der Waals surface area contributed by atoms with Crippen molar-refractivity contribution in [1.29, 1.82) is 10.5 Å². The van der Waals surface area contributed by atoms with Crippen molar-refractivity contribution < 1.29 is 0 Å². The van der Waals surface area contributed by atoms with Crippen LogP contribution >= 0.6 is 11.6 Å². The maximum Gasteiger partial charge on any atom is 0.131 e. The molecule has 0 saturated heterocycles. The SMILES string of the molecule is N#Cc1ccnc(Nc2ccc(C#N)c(Cl)c2)c1. The van der Waals surface area contributed by atoms with Gasteiger partial charge in [0.1, 0.15) is 11.9 Å². The molecule has 1 heterocycles. The number of nitrogens with zero attached hydrogens (tertiary/aromatic N) is 3. The Balaban J connectivity index is 2.27. The molecule has 0 aliphatic carbocycles. The van der Waals surface area contributed by atoms with Crippen LogP contribution in [0.2, 0.25) is 5.02 Å². The highest BCUT2D eigenvalue weighted by atomic mass is 35.5. The molecule has 0 radical (unpaired) electrons. The van der Waals surface area contributed by atoms with Gasteiger partial charge in [-0.15, -0.1) is 0 Å². The summed E-state index contributed by atoms with van der Waals surface area (Å²) in [5.41, 5.74) is 1.65. The maximum absolute atomic E-state index is 8.78. The summed E-state index contributed by atoms with van der Waals surface area (Å²) in [6.07, 6.45) is 1.55. The standard InChI is InChI=1S/C13H7ClN4/c14-12-6-11(2-1-10(12)8-16)18-13-5-9(7-15)3-4-17-13/h1-6H,(H,17,18). The lowest BCUT2D eigenvalue weighted by Crippen LogP contribution is -1.94. The van der Waals surface area contributed by atoms with Gasteiger partial charge in [-0.05, 0) is 30.3 Å². The van der Waals surface area contributed by atoms with Gasteiger partial charge in [0, 0.05) is 11.9 Å². The van der Waals surface area contributed by atoms with Crippen LogP contribution in [-0.4, -0.2) is 4.98 Å². The second-order valence-corrected chi connectivity index (χ2v) is 3.88. The van der Waals surface area contributed by atoms with E-state index in [0.29, 0.717) is 27.7 Å². The van der Waals surface area contributed by atoms with Crippen LogP contribution in [0, 0.1) is 22.7 Å². The second-order valence-electron chi connectivity index (χ2n) is 3.47. The van der Waals surface area contributed by atoms with E-state index in [9.17, 15) is 0 Å². The molecule has 2 aromatic rings. The third-order valence-electron chi connectivity index (χ3n) is 2.25. The van der Waals surface area contributed by atoms with Crippen molar-refractivity contribution in [1.82, 2.24) is 4.98 Å². The molecule has 1 aromatic carbocycles. The minimum atomic E-state index is 0.374. The van der Waals surface area contributed by atoms with Crippen LogP contribution in [0.1, 0.15) is 11.1 Å². The molecular formula is C13H7ClN4. The summed E-state index contributed by atoms with van der Waals surface area (Å²) in [7, 11) is 0. The molecule has 2 rings (SSSR count). The van der Waals surface area contributed by atoms with Gasteiger partial charge in [0.05, 0.1) is 22.2 Å². The van der Waals surface area contributed by atoms with Crippen molar-refractivity contribution in [3.05, 3.63) is 52.7 Å². The largest absolute Gasteiger partial charge is 0.340 e. The van der Waals surface area contributed by atoms with Crippen LogP contribution in [0.15, 0.2) is 36.5 Å². The summed E-state index contributed by atoms with van der Waals surface area (Å²) in [4.78, 5) is 4.08. The fourth-order valence-corrected chi connectivity index (χ4v) is 1.62. The zero-order valence-corrected chi connectivity index (χ0v) is 9.94. The van der Waals surface area contributed by atoms with Crippen LogP contribution in [0.3, 0.4) is 0 Å². The van der Waals surface area contributed by atoms with Crippen molar-refractivity contribution in [2.45, 2.75) is 0 Å². The number of rotatable bonds is 2. The summed E-state index contributed by atoms with van der Waals surface area (Å²) in [6.45, 7) is 0. The fraction of sp³-hybridized carbons (Fsp3) is 0. The van der Waals surface area contributed by atoms with Crippen LogP contribution in [0.25, 0.3) is 0 Å². The first-order chi connectivity index (χ1) is 8.72. The quantitative estimate of drug-likeness (QED) is 0.893. The van der Waals surface area contributed by atoms with E-state index in [2.05, 4.69) is 10.3 Å². The number of pyridine rings is 1. The van der Waals surface area contributed by atoms with Crippen LogP contribution in [0.5, 0.6) is 0 Å². The van der Waals surface area contributed by atoms with Gasteiger partial charge in [0.2, 0.25) is 0 Å². The highest BCUT2D eigenvalue weighted by Gasteiger charge is 2.02. The monoisotopic (exact) mass is 254 g/mol. The van der Waals surface area contributed by atoms with Crippen LogP contribution in [0.4, 0.5) is 11.5 Å². The molecule has 0 aliphatic heterocycles. The van der Waals surface area contributed by atoms with Crippen LogP contribution in [-0.2, 0) is 0 Å². The Bertz CT molecular complexity index is 667. The number of benzene rings is 1. The van der Waals surface area contributed by atoms with E-state index in [-0.39, 0.29) is 0 Å². The number of halogens is 1. The average Bonchev–Trinajstić information content (AvgIpc) is 2.39. The lowest BCUT2D eigenvalue weighted by Gasteiger charge is -2.06. The summed E-state index contributed by atoms with van der Waals surface area (Å²) in [6, 6.07) is 12.3. The van der Waals surface area contributed by atoms with E-state index >= 15 is 0 Å². The number of hydrogen-bond acceptors (Lipinski definition) is 4. The number of nitrogens with one attached hydrogen (secondary N) is 1. The Labute approximate surface area is 109 Å². The zero-order chi connectivity index (χ0) is 13.0. The van der Waals surface area contributed by atoms with Gasteiger partial charge in [-0.3, -0.25) is 0 Å². The van der Waals surface area contributed by atoms with Gasteiger partial charge in [-0.1, -0.05) is 11.6 Å². The highest BCUT2D eigenvalue weighted by molar-refractivity contribution is 6.32. The minimum Gasteiger partial charge on any atom is -0.340 e. The molecule has 18 heavy (non-hydrogen) atoms. The molecule has 1 N–H and O–H groups in total. The Morgan fingerprint density at radius 2 is 1.94 bits per heavy atom. The number of aromatic nitrogens is 1. The van der Waals surface area contributed by atoms with Crippen molar-refractivity contribution in [2.75, 3.05) is 5.32 Å². The second kappa shape index (κ2) is 5.18. The van der Waals surface area contributed by atoms with Crippen molar-refractivity contribution in [3.63, 3.8) is 0 Å². The van der Waals surface area contributed by atoms with Gasteiger partial charge < -0.3 is 5.32 Å². The average molecular weight is 255 g/mol. The van der Waals surface area contributed by atoms with Gasteiger partial charge >= 0.3 is 0 Å². The van der Waals surface area contributed by atoms with E-state index in [4.69, 9.17) is 22.1 Å². The third-order valence-corrected chi connectivity index (χ3v) is 2.56. The lowest BCUT2D eigenvalue weighted by atomic mass is 10.2. The molecule has 0 fully saturated rings. The topological polar surface area (TPSA) is 72.5 Å². The molecule has 5 heteroatoms.